The number of nitrogens with two attached hydrogens (primary N) is 2. The third-order valence-corrected chi connectivity index (χ3v) is 9.20. The maximum atomic E-state index is 13.9. The predicted octanol–water partition coefficient (Wildman–Crippen LogP) is 12.7. The molecule has 0 amide bonds. The zero-order valence-electron chi connectivity index (χ0n) is 27.5. The van der Waals surface area contributed by atoms with Crippen LogP contribution in [0.4, 0.5) is 26.3 Å². The first-order chi connectivity index (χ1) is 20.6. The number of hydrogen-bond acceptors (Lipinski definition) is 2. The van der Waals surface area contributed by atoms with Crippen LogP contribution in [0.5, 0.6) is 0 Å². The molecule has 0 aliphatic rings. The first-order valence-electron chi connectivity index (χ1n) is 18.2. The van der Waals surface area contributed by atoms with Crippen molar-refractivity contribution in [2.24, 2.45) is 16.9 Å². The van der Waals surface area contributed by atoms with Crippen LogP contribution in [0.2, 0.25) is 0 Å². The summed E-state index contributed by atoms with van der Waals surface area (Å²) in [6, 6.07) is 0. The second-order valence-corrected chi connectivity index (χ2v) is 13.1. The Hall–Kier alpha value is -0.500. The number of unbranched alkanes of at least 4 members (excludes halogenated alkanes) is 26. The van der Waals surface area contributed by atoms with E-state index in [-0.39, 0.29) is 12.8 Å². The summed E-state index contributed by atoms with van der Waals surface area (Å²) in [5.74, 6) is 0. The number of alkyl halides is 6. The first-order valence-corrected chi connectivity index (χ1v) is 18.2. The van der Waals surface area contributed by atoms with Crippen LogP contribution in [-0.4, -0.2) is 25.4 Å². The van der Waals surface area contributed by atoms with Crippen LogP contribution in [0.25, 0.3) is 0 Å². The van der Waals surface area contributed by atoms with E-state index >= 15 is 0 Å². The highest BCUT2D eigenvalue weighted by Gasteiger charge is 2.69. The van der Waals surface area contributed by atoms with Crippen molar-refractivity contribution in [2.75, 3.05) is 13.1 Å². The van der Waals surface area contributed by atoms with Crippen molar-refractivity contribution in [3.63, 3.8) is 0 Å². The Morgan fingerprint density at radius 3 is 0.581 bits per heavy atom. The van der Waals surface area contributed by atoms with Crippen LogP contribution in [0.3, 0.4) is 0 Å². The van der Waals surface area contributed by atoms with E-state index in [0.29, 0.717) is 25.7 Å². The van der Waals surface area contributed by atoms with Crippen LogP contribution >= 0.6 is 0 Å². The van der Waals surface area contributed by atoms with Crippen LogP contribution in [0.1, 0.15) is 193 Å². The Labute approximate surface area is 261 Å². The van der Waals surface area contributed by atoms with Crippen LogP contribution in [0.15, 0.2) is 0 Å². The third kappa shape index (κ3) is 22.6. The van der Waals surface area contributed by atoms with Gasteiger partial charge in [-0.05, 0) is 38.8 Å². The van der Waals surface area contributed by atoms with Gasteiger partial charge in [0.25, 0.3) is 0 Å². The molecule has 0 fully saturated rings. The molecule has 0 spiro atoms. The quantitative estimate of drug-likeness (QED) is 0.0574. The standard InChI is InChI=1S/C35H68F6N2/c36-34(37,38)33(35(39,40)41,29-25-21-17-13-9-5-1-3-7-11-15-19-23-27-31-42)30-26-22-18-14-10-6-2-4-8-12-16-20-24-28-32-43/h1-32,42-43H2. The van der Waals surface area contributed by atoms with Crippen molar-refractivity contribution in [1.82, 2.24) is 0 Å². The van der Waals surface area contributed by atoms with E-state index in [4.69, 9.17) is 11.5 Å². The highest BCUT2D eigenvalue weighted by Crippen LogP contribution is 2.56. The fourth-order valence-electron chi connectivity index (χ4n) is 6.24. The smallest absolute Gasteiger partial charge is 0.330 e. The van der Waals surface area contributed by atoms with E-state index < -0.39 is 30.6 Å². The molecule has 0 bridgehead atoms. The minimum Gasteiger partial charge on any atom is -0.330 e. The van der Waals surface area contributed by atoms with Crippen molar-refractivity contribution in [3.8, 4) is 0 Å². The Morgan fingerprint density at radius 2 is 0.419 bits per heavy atom. The van der Waals surface area contributed by atoms with Crippen LogP contribution in [-0.2, 0) is 0 Å². The van der Waals surface area contributed by atoms with Gasteiger partial charge in [-0.1, -0.05) is 167 Å². The second-order valence-electron chi connectivity index (χ2n) is 13.1. The van der Waals surface area contributed by atoms with Crippen molar-refractivity contribution in [3.05, 3.63) is 0 Å². The molecule has 0 unspecified atom stereocenters. The largest absolute Gasteiger partial charge is 0.403 e. The number of hydrogen-bond donors (Lipinski definition) is 2. The molecule has 0 aromatic heterocycles. The van der Waals surface area contributed by atoms with Crippen molar-refractivity contribution < 1.29 is 26.3 Å². The molecule has 4 N–H and O–H groups in total. The molecule has 0 heterocycles. The fourth-order valence-corrected chi connectivity index (χ4v) is 6.24. The minimum absolute atomic E-state index is 0.0170. The zero-order valence-corrected chi connectivity index (χ0v) is 27.5. The van der Waals surface area contributed by atoms with Gasteiger partial charge in [-0.25, -0.2) is 0 Å². The molecular formula is C35H68F6N2. The predicted molar refractivity (Wildman–Crippen MR) is 171 cm³/mol. The average Bonchev–Trinajstić information content (AvgIpc) is 2.94. The molecule has 0 saturated carbocycles. The van der Waals surface area contributed by atoms with Gasteiger partial charge in [-0.2, -0.15) is 26.3 Å². The Balaban J connectivity index is 4.06. The lowest BCUT2D eigenvalue weighted by Crippen LogP contribution is -2.50. The van der Waals surface area contributed by atoms with Gasteiger partial charge in [-0.15, -0.1) is 0 Å². The van der Waals surface area contributed by atoms with Crippen LogP contribution < -0.4 is 11.5 Å². The molecule has 0 aliphatic heterocycles. The Kier molecular flexibility index (Phi) is 27.5. The van der Waals surface area contributed by atoms with Crippen LogP contribution in [0, 0.1) is 5.41 Å². The van der Waals surface area contributed by atoms with Gasteiger partial charge in [-0.3, -0.25) is 0 Å². The SMILES string of the molecule is NCCCCCCCCCCCCCCCCC(CCCCCCCCCCCCCCCCN)(C(F)(F)F)C(F)(F)F. The van der Waals surface area contributed by atoms with Crippen molar-refractivity contribution in [2.45, 2.75) is 205 Å². The molecule has 2 nitrogen and oxygen atoms in total. The molecule has 0 saturated heterocycles. The molecule has 260 valence electrons. The highest BCUT2D eigenvalue weighted by molar-refractivity contribution is 4.93. The summed E-state index contributed by atoms with van der Waals surface area (Å²) in [5.41, 5.74) is 7.43. The molecule has 0 aliphatic carbocycles. The van der Waals surface area contributed by atoms with Gasteiger partial charge in [0.1, 0.15) is 0 Å². The summed E-state index contributed by atoms with van der Waals surface area (Å²) in [6.07, 6.45) is 15.4. The molecule has 8 heteroatoms. The molecule has 0 radical (unpaired) electrons. The molecule has 0 aromatic carbocycles. The summed E-state index contributed by atoms with van der Waals surface area (Å²) in [7, 11) is 0. The van der Waals surface area contributed by atoms with E-state index in [1.165, 1.54) is 77.0 Å². The lowest BCUT2D eigenvalue weighted by Gasteiger charge is -2.37. The van der Waals surface area contributed by atoms with Gasteiger partial charge >= 0.3 is 12.4 Å². The number of halogens is 6. The molecule has 0 atom stereocenters. The van der Waals surface area contributed by atoms with E-state index in [1.54, 1.807) is 0 Å². The normalized spacial score (nSPS) is 12.8. The fraction of sp³-hybridized carbons (Fsp3) is 1.00. The highest BCUT2D eigenvalue weighted by atomic mass is 19.4. The van der Waals surface area contributed by atoms with Gasteiger partial charge < -0.3 is 11.5 Å². The summed E-state index contributed by atoms with van der Waals surface area (Å²) < 4.78 is 83.4. The maximum Gasteiger partial charge on any atom is 0.403 e. The van der Waals surface area contributed by atoms with Gasteiger partial charge in [0, 0.05) is 0 Å². The molecule has 0 rings (SSSR count). The Morgan fingerprint density at radius 1 is 0.256 bits per heavy atom. The van der Waals surface area contributed by atoms with E-state index in [9.17, 15) is 26.3 Å². The Bertz CT molecular complexity index is 530. The third-order valence-electron chi connectivity index (χ3n) is 9.20. The second kappa shape index (κ2) is 27.8. The monoisotopic (exact) mass is 631 g/mol. The summed E-state index contributed by atoms with van der Waals surface area (Å²) in [5, 5.41) is 0. The number of rotatable bonds is 32. The van der Waals surface area contributed by atoms with E-state index in [0.717, 1.165) is 77.3 Å². The lowest BCUT2D eigenvalue weighted by molar-refractivity contribution is -0.346. The maximum absolute atomic E-state index is 13.9. The average molecular weight is 631 g/mol. The first kappa shape index (κ1) is 42.5. The zero-order chi connectivity index (χ0) is 32.1. The minimum atomic E-state index is -5.26. The molecule has 43 heavy (non-hydrogen) atoms. The van der Waals surface area contributed by atoms with Crippen molar-refractivity contribution in [1.29, 1.82) is 0 Å². The summed E-state index contributed by atoms with van der Waals surface area (Å²) >= 11 is 0. The topological polar surface area (TPSA) is 52.0 Å². The molecular weight excluding hydrogens is 562 g/mol. The van der Waals surface area contributed by atoms with E-state index in [2.05, 4.69) is 0 Å². The van der Waals surface area contributed by atoms with Gasteiger partial charge in [0.15, 0.2) is 5.41 Å². The summed E-state index contributed by atoms with van der Waals surface area (Å²) in [4.78, 5) is 0. The van der Waals surface area contributed by atoms with E-state index in [1.807, 2.05) is 0 Å². The lowest BCUT2D eigenvalue weighted by atomic mass is 9.76. The van der Waals surface area contributed by atoms with Gasteiger partial charge in [0.2, 0.25) is 0 Å². The summed E-state index contributed by atoms with van der Waals surface area (Å²) in [6.45, 7) is 1.53. The molecule has 0 aromatic rings. The van der Waals surface area contributed by atoms with Gasteiger partial charge in [0.05, 0.1) is 0 Å². The van der Waals surface area contributed by atoms with Crippen molar-refractivity contribution >= 4 is 0 Å².